The Bertz CT molecular complexity index is 159. The van der Waals surface area contributed by atoms with Crippen LogP contribution in [0.5, 0.6) is 0 Å². The number of rotatable bonds is 5. The van der Waals surface area contributed by atoms with E-state index in [1.807, 2.05) is 6.92 Å². The van der Waals surface area contributed by atoms with Gasteiger partial charge < -0.3 is 10.1 Å². The minimum Gasteiger partial charge on any atom is -0.463 e. The first-order chi connectivity index (χ1) is 6.93. The van der Waals surface area contributed by atoms with Crippen molar-refractivity contribution < 1.29 is 9.53 Å². The molecule has 0 fully saturated rings. The quantitative estimate of drug-likeness (QED) is 0.565. The van der Waals surface area contributed by atoms with Crippen molar-refractivity contribution >= 4 is 5.97 Å². The van der Waals surface area contributed by atoms with Gasteiger partial charge in [0.05, 0.1) is 6.61 Å². The SMILES string of the molecule is C=CC(=O)OCCC.CC(C)NC(C)C. The molecule has 0 saturated heterocycles. The fourth-order valence-corrected chi connectivity index (χ4v) is 0.928. The zero-order valence-electron chi connectivity index (χ0n) is 10.7. The topological polar surface area (TPSA) is 38.3 Å². The van der Waals surface area contributed by atoms with E-state index in [2.05, 4.69) is 44.3 Å². The lowest BCUT2D eigenvalue weighted by Crippen LogP contribution is -2.29. The largest absolute Gasteiger partial charge is 0.463 e. The number of nitrogens with one attached hydrogen (secondary N) is 1. The first-order valence-corrected chi connectivity index (χ1v) is 5.49. The molecule has 3 nitrogen and oxygen atoms in total. The van der Waals surface area contributed by atoms with Gasteiger partial charge in [-0.1, -0.05) is 41.2 Å². The van der Waals surface area contributed by atoms with Crippen LogP contribution < -0.4 is 5.32 Å². The van der Waals surface area contributed by atoms with E-state index < -0.39 is 0 Å². The minimum atomic E-state index is -0.341. The molecule has 3 heteroatoms. The van der Waals surface area contributed by atoms with Crippen LogP contribution in [0.2, 0.25) is 0 Å². The summed E-state index contributed by atoms with van der Waals surface area (Å²) in [6, 6.07) is 1.25. The lowest BCUT2D eigenvalue weighted by molar-refractivity contribution is -0.137. The monoisotopic (exact) mass is 215 g/mol. The lowest BCUT2D eigenvalue weighted by Gasteiger charge is -2.10. The molecular formula is C12H25NO2. The maximum atomic E-state index is 10.2. The van der Waals surface area contributed by atoms with Crippen LogP contribution in [0.3, 0.4) is 0 Å². The summed E-state index contributed by atoms with van der Waals surface area (Å²) in [4.78, 5) is 10.2. The van der Waals surface area contributed by atoms with E-state index in [4.69, 9.17) is 0 Å². The molecule has 0 bridgehead atoms. The Balaban J connectivity index is 0. The summed E-state index contributed by atoms with van der Waals surface area (Å²) >= 11 is 0. The molecule has 0 aliphatic rings. The highest BCUT2D eigenvalue weighted by molar-refractivity contribution is 5.81. The second-order valence-electron chi connectivity index (χ2n) is 3.85. The Morgan fingerprint density at radius 2 is 1.80 bits per heavy atom. The minimum absolute atomic E-state index is 0.341. The number of ether oxygens (including phenoxy) is 1. The van der Waals surface area contributed by atoms with Crippen molar-refractivity contribution in [3.63, 3.8) is 0 Å². The summed E-state index contributed by atoms with van der Waals surface area (Å²) in [7, 11) is 0. The van der Waals surface area contributed by atoms with Crippen LogP contribution >= 0.6 is 0 Å². The van der Waals surface area contributed by atoms with Crippen LogP contribution in [0.1, 0.15) is 41.0 Å². The highest BCUT2D eigenvalue weighted by Gasteiger charge is 1.92. The first-order valence-electron chi connectivity index (χ1n) is 5.49. The van der Waals surface area contributed by atoms with Crippen molar-refractivity contribution in [3.8, 4) is 0 Å². The van der Waals surface area contributed by atoms with Gasteiger partial charge in [0, 0.05) is 18.2 Å². The zero-order valence-corrected chi connectivity index (χ0v) is 10.7. The molecule has 0 amide bonds. The van der Waals surface area contributed by atoms with Gasteiger partial charge in [-0.25, -0.2) is 4.79 Å². The summed E-state index contributed by atoms with van der Waals surface area (Å²) in [5.41, 5.74) is 0. The predicted octanol–water partition coefficient (Wildman–Crippen LogP) is 2.52. The average molecular weight is 215 g/mol. The van der Waals surface area contributed by atoms with Gasteiger partial charge in [0.25, 0.3) is 0 Å². The van der Waals surface area contributed by atoms with Crippen molar-refractivity contribution in [2.45, 2.75) is 53.1 Å². The molecule has 0 atom stereocenters. The highest BCUT2D eigenvalue weighted by atomic mass is 16.5. The second-order valence-corrected chi connectivity index (χ2v) is 3.85. The van der Waals surface area contributed by atoms with Crippen LogP contribution in [0.15, 0.2) is 12.7 Å². The summed E-state index contributed by atoms with van der Waals surface area (Å²) in [6.45, 7) is 14.3. The van der Waals surface area contributed by atoms with Crippen LogP contribution in [0, 0.1) is 0 Å². The van der Waals surface area contributed by atoms with Crippen molar-refractivity contribution in [1.82, 2.24) is 5.32 Å². The molecule has 0 aliphatic heterocycles. The lowest BCUT2D eigenvalue weighted by atomic mass is 10.3. The molecule has 0 aromatic carbocycles. The van der Waals surface area contributed by atoms with E-state index in [1.54, 1.807) is 0 Å². The van der Waals surface area contributed by atoms with Crippen molar-refractivity contribution in [3.05, 3.63) is 12.7 Å². The third-order valence-corrected chi connectivity index (χ3v) is 1.28. The van der Waals surface area contributed by atoms with Gasteiger partial charge in [0.15, 0.2) is 0 Å². The number of hydrogen-bond donors (Lipinski definition) is 1. The third-order valence-electron chi connectivity index (χ3n) is 1.28. The number of carbonyl (C=O) groups excluding carboxylic acids is 1. The number of hydrogen-bond acceptors (Lipinski definition) is 3. The molecule has 0 aromatic rings. The van der Waals surface area contributed by atoms with E-state index in [0.717, 1.165) is 12.5 Å². The zero-order chi connectivity index (χ0) is 12.3. The summed E-state index contributed by atoms with van der Waals surface area (Å²) < 4.78 is 4.58. The Morgan fingerprint density at radius 3 is 2.00 bits per heavy atom. The van der Waals surface area contributed by atoms with Gasteiger partial charge in [0.2, 0.25) is 0 Å². The molecule has 0 unspecified atom stereocenters. The molecular weight excluding hydrogens is 190 g/mol. The van der Waals surface area contributed by atoms with Crippen LogP contribution in [0.4, 0.5) is 0 Å². The van der Waals surface area contributed by atoms with E-state index in [9.17, 15) is 4.79 Å². The summed E-state index contributed by atoms with van der Waals surface area (Å²) in [5, 5.41) is 3.31. The number of esters is 1. The first kappa shape index (κ1) is 16.6. The van der Waals surface area contributed by atoms with Gasteiger partial charge in [-0.15, -0.1) is 0 Å². The number of carbonyl (C=O) groups is 1. The summed E-state index contributed by atoms with van der Waals surface area (Å²) in [6.07, 6.45) is 2.02. The maximum Gasteiger partial charge on any atom is 0.330 e. The van der Waals surface area contributed by atoms with Gasteiger partial charge in [-0.3, -0.25) is 0 Å². The van der Waals surface area contributed by atoms with Crippen molar-refractivity contribution in [2.75, 3.05) is 6.61 Å². The predicted molar refractivity (Wildman–Crippen MR) is 64.9 cm³/mol. The van der Waals surface area contributed by atoms with E-state index >= 15 is 0 Å². The molecule has 0 heterocycles. The maximum absolute atomic E-state index is 10.2. The van der Waals surface area contributed by atoms with E-state index in [-0.39, 0.29) is 5.97 Å². The average Bonchev–Trinajstić information content (AvgIpc) is 2.12. The molecule has 0 spiro atoms. The summed E-state index contributed by atoms with van der Waals surface area (Å²) in [5.74, 6) is -0.341. The van der Waals surface area contributed by atoms with Gasteiger partial charge in [0.1, 0.15) is 0 Å². The molecule has 0 aromatic heterocycles. The van der Waals surface area contributed by atoms with Gasteiger partial charge in [-0.2, -0.15) is 0 Å². The van der Waals surface area contributed by atoms with Crippen LogP contribution in [0.25, 0.3) is 0 Å². The third kappa shape index (κ3) is 19.5. The molecule has 0 radical (unpaired) electrons. The van der Waals surface area contributed by atoms with Crippen molar-refractivity contribution in [1.29, 1.82) is 0 Å². The fourth-order valence-electron chi connectivity index (χ4n) is 0.928. The smallest absolute Gasteiger partial charge is 0.330 e. The van der Waals surface area contributed by atoms with Gasteiger partial charge in [-0.05, 0) is 6.42 Å². The Hall–Kier alpha value is -0.830. The molecule has 0 rings (SSSR count). The molecule has 15 heavy (non-hydrogen) atoms. The van der Waals surface area contributed by atoms with E-state index in [0.29, 0.717) is 18.7 Å². The fraction of sp³-hybridized carbons (Fsp3) is 0.750. The second kappa shape index (κ2) is 11.2. The molecule has 90 valence electrons. The Labute approximate surface area is 93.9 Å². The highest BCUT2D eigenvalue weighted by Crippen LogP contribution is 1.81. The Morgan fingerprint density at radius 1 is 1.33 bits per heavy atom. The van der Waals surface area contributed by atoms with Gasteiger partial charge >= 0.3 is 5.97 Å². The Kier molecular flexibility index (Phi) is 12.4. The van der Waals surface area contributed by atoms with E-state index in [1.165, 1.54) is 0 Å². The standard InChI is InChI=1S/C6H15N.C6H10O2/c1-5(2)7-6(3)4;1-3-5-8-6(7)4-2/h5-7H,1-4H3;4H,2-3,5H2,1H3. The molecule has 0 saturated carbocycles. The molecule has 1 N–H and O–H groups in total. The molecule has 0 aliphatic carbocycles. The normalized spacial score (nSPS) is 9.53. The van der Waals surface area contributed by atoms with Crippen LogP contribution in [-0.4, -0.2) is 24.7 Å². The van der Waals surface area contributed by atoms with Crippen molar-refractivity contribution in [2.24, 2.45) is 0 Å². The van der Waals surface area contributed by atoms with Crippen LogP contribution in [-0.2, 0) is 9.53 Å².